The first-order chi connectivity index (χ1) is 8.34. The Hall–Kier alpha value is -0.450. The molecule has 2 bridgehead atoms. The van der Waals surface area contributed by atoms with Crippen molar-refractivity contribution in [3.8, 4) is 0 Å². The van der Waals surface area contributed by atoms with Gasteiger partial charge in [-0.1, -0.05) is 18.2 Å². The van der Waals surface area contributed by atoms with Crippen LogP contribution in [0.1, 0.15) is 0 Å². The van der Waals surface area contributed by atoms with E-state index in [0.717, 1.165) is 0 Å². The van der Waals surface area contributed by atoms with Crippen molar-refractivity contribution >= 4 is 29.3 Å². The van der Waals surface area contributed by atoms with Crippen molar-refractivity contribution in [2.24, 2.45) is 11.8 Å². The van der Waals surface area contributed by atoms with Crippen molar-refractivity contribution in [2.45, 2.75) is 12.2 Å². The molecule has 4 unspecified atom stereocenters. The predicted molar refractivity (Wildman–Crippen MR) is 70.9 cm³/mol. The van der Waals surface area contributed by atoms with Gasteiger partial charge >= 0.3 is 0 Å². The molecule has 0 aromatic rings. The molecule has 0 aromatic carbocycles. The molecule has 1 aliphatic carbocycles. The van der Waals surface area contributed by atoms with E-state index in [1.54, 1.807) is 6.08 Å². The number of rotatable bonds is 0. The largest absolute Gasteiger partial charge is 0.361 e. The third-order valence-electron chi connectivity index (χ3n) is 3.80. The van der Waals surface area contributed by atoms with Gasteiger partial charge in [0.15, 0.2) is 5.78 Å². The first kappa shape index (κ1) is 10.5. The Balaban J connectivity index is 1.76. The van der Waals surface area contributed by atoms with Crippen LogP contribution in [0.15, 0.2) is 34.1 Å². The molecule has 88 valence electrons. The minimum atomic E-state index is -0.222. The fourth-order valence-electron chi connectivity index (χ4n) is 3.07. The molecule has 17 heavy (non-hydrogen) atoms. The maximum Gasteiger partial charge on any atom is 0.184 e. The number of fused-ring (bicyclic) bond motifs is 5. The fraction of sp³-hybridized carbons (Fsp3) is 0.462. The second kappa shape index (κ2) is 3.77. The molecule has 0 spiro atoms. The molecule has 4 heteroatoms. The minimum Gasteiger partial charge on any atom is -0.361 e. The molecule has 2 saturated heterocycles. The third kappa shape index (κ3) is 1.44. The van der Waals surface area contributed by atoms with E-state index in [2.05, 4.69) is 12.2 Å². The molecule has 0 radical (unpaired) electrons. The summed E-state index contributed by atoms with van der Waals surface area (Å²) in [4.78, 5) is 11.8. The number of ether oxygens (including phenoxy) is 1. The number of hydrogen-bond acceptors (Lipinski definition) is 4. The standard InChI is InChI=1S/C13H12O2S2/c14-9-3-4-10-11-7(12(9)15-10)1-2-8(11)13-16-5-6-17-13/h1-4,7,10-12H,5-6H2. The molecule has 0 N–H and O–H groups in total. The van der Waals surface area contributed by atoms with E-state index in [1.807, 2.05) is 29.6 Å². The molecule has 0 saturated carbocycles. The van der Waals surface area contributed by atoms with Gasteiger partial charge in [-0.15, -0.1) is 23.5 Å². The van der Waals surface area contributed by atoms with Gasteiger partial charge in [0.25, 0.3) is 0 Å². The number of allylic oxidation sites excluding steroid dienone is 1. The lowest BCUT2D eigenvalue weighted by Gasteiger charge is -2.17. The van der Waals surface area contributed by atoms with Crippen molar-refractivity contribution in [3.05, 3.63) is 34.1 Å². The molecular formula is C13H12O2S2. The van der Waals surface area contributed by atoms with E-state index in [4.69, 9.17) is 4.74 Å². The molecule has 0 amide bonds. The Morgan fingerprint density at radius 1 is 1.18 bits per heavy atom. The second-order valence-corrected chi connectivity index (χ2v) is 7.15. The van der Waals surface area contributed by atoms with Crippen LogP contribution in [0.4, 0.5) is 0 Å². The lowest BCUT2D eigenvalue weighted by atomic mass is 9.88. The van der Waals surface area contributed by atoms with Gasteiger partial charge in [0.05, 0.1) is 6.10 Å². The summed E-state index contributed by atoms with van der Waals surface area (Å²) >= 11 is 3.90. The normalized spacial score (nSPS) is 42.7. The van der Waals surface area contributed by atoms with E-state index < -0.39 is 0 Å². The molecule has 0 aromatic heterocycles. The van der Waals surface area contributed by atoms with Gasteiger partial charge in [0, 0.05) is 27.6 Å². The van der Waals surface area contributed by atoms with Crippen molar-refractivity contribution in [1.82, 2.24) is 0 Å². The van der Waals surface area contributed by atoms with Gasteiger partial charge in [0.1, 0.15) is 6.10 Å². The van der Waals surface area contributed by atoms with Crippen LogP contribution in [-0.2, 0) is 9.53 Å². The van der Waals surface area contributed by atoms with Gasteiger partial charge in [-0.3, -0.25) is 4.79 Å². The maximum absolute atomic E-state index is 11.8. The zero-order valence-electron chi connectivity index (χ0n) is 9.17. The highest BCUT2D eigenvalue weighted by Gasteiger charge is 2.51. The van der Waals surface area contributed by atoms with Gasteiger partial charge in [-0.05, 0) is 11.6 Å². The summed E-state index contributed by atoms with van der Waals surface area (Å²) < 4.78 is 7.28. The van der Waals surface area contributed by atoms with Crippen LogP contribution >= 0.6 is 23.5 Å². The summed E-state index contributed by atoms with van der Waals surface area (Å²) in [6, 6.07) is 0. The average Bonchev–Trinajstić information content (AvgIpc) is 3.02. The third-order valence-corrected chi connectivity index (χ3v) is 6.57. The minimum absolute atomic E-state index is 0.113. The van der Waals surface area contributed by atoms with Gasteiger partial charge in [-0.25, -0.2) is 0 Å². The summed E-state index contributed by atoms with van der Waals surface area (Å²) in [5, 5.41) is 0. The number of hydrogen-bond donors (Lipinski definition) is 0. The maximum atomic E-state index is 11.8. The highest BCUT2D eigenvalue weighted by atomic mass is 32.2. The lowest BCUT2D eigenvalue weighted by Crippen LogP contribution is -2.26. The lowest BCUT2D eigenvalue weighted by molar-refractivity contribution is -0.126. The van der Waals surface area contributed by atoms with Gasteiger partial charge in [-0.2, -0.15) is 0 Å². The molecule has 4 rings (SSSR count). The topological polar surface area (TPSA) is 26.3 Å². The van der Waals surface area contributed by atoms with Gasteiger partial charge < -0.3 is 4.74 Å². The number of ketones is 1. The number of carbonyl (C=O) groups is 1. The molecular weight excluding hydrogens is 252 g/mol. The van der Waals surface area contributed by atoms with Crippen molar-refractivity contribution in [3.63, 3.8) is 0 Å². The van der Waals surface area contributed by atoms with Crippen molar-refractivity contribution in [2.75, 3.05) is 11.5 Å². The number of thioether (sulfide) groups is 2. The summed E-state index contributed by atoms with van der Waals surface area (Å²) in [5.74, 6) is 3.20. The smallest absolute Gasteiger partial charge is 0.184 e. The molecule has 3 heterocycles. The molecule has 4 aliphatic rings. The van der Waals surface area contributed by atoms with Crippen LogP contribution < -0.4 is 0 Å². The molecule has 2 fully saturated rings. The Morgan fingerprint density at radius 2 is 2.00 bits per heavy atom. The zero-order chi connectivity index (χ0) is 11.4. The Kier molecular flexibility index (Phi) is 2.32. The SMILES string of the molecule is O=C1C=CC2OC1C1C=CC(=C3SCCS3)C21. The highest BCUT2D eigenvalue weighted by molar-refractivity contribution is 8.25. The molecule has 4 atom stereocenters. The van der Waals surface area contributed by atoms with Crippen LogP contribution in [0, 0.1) is 11.8 Å². The summed E-state index contributed by atoms with van der Waals surface area (Å²) in [5.41, 5.74) is 1.41. The van der Waals surface area contributed by atoms with Crippen LogP contribution in [0.3, 0.4) is 0 Å². The Morgan fingerprint density at radius 3 is 2.82 bits per heavy atom. The Bertz CT molecular complexity index is 470. The van der Waals surface area contributed by atoms with Crippen LogP contribution in [-0.4, -0.2) is 29.5 Å². The first-order valence-corrected chi connectivity index (χ1v) is 7.87. The summed E-state index contributed by atoms with van der Waals surface area (Å²) in [6.45, 7) is 0. The van der Waals surface area contributed by atoms with E-state index in [1.165, 1.54) is 21.3 Å². The zero-order valence-corrected chi connectivity index (χ0v) is 10.8. The second-order valence-electron chi connectivity index (χ2n) is 4.68. The summed E-state index contributed by atoms with van der Waals surface area (Å²) in [6.07, 6.45) is 7.96. The molecule has 2 nitrogen and oxygen atoms in total. The van der Waals surface area contributed by atoms with Crippen molar-refractivity contribution in [1.29, 1.82) is 0 Å². The quantitative estimate of drug-likeness (QED) is 0.671. The van der Waals surface area contributed by atoms with Crippen LogP contribution in [0.2, 0.25) is 0 Å². The number of carbonyl (C=O) groups excluding carboxylic acids is 1. The van der Waals surface area contributed by atoms with E-state index in [-0.39, 0.29) is 23.9 Å². The van der Waals surface area contributed by atoms with E-state index in [0.29, 0.717) is 5.92 Å². The van der Waals surface area contributed by atoms with E-state index >= 15 is 0 Å². The summed E-state index contributed by atoms with van der Waals surface area (Å²) in [7, 11) is 0. The predicted octanol–water partition coefficient (Wildman–Crippen LogP) is 2.39. The highest BCUT2D eigenvalue weighted by Crippen LogP contribution is 2.51. The monoisotopic (exact) mass is 264 g/mol. The first-order valence-electron chi connectivity index (χ1n) is 5.90. The van der Waals surface area contributed by atoms with Gasteiger partial charge in [0.2, 0.25) is 0 Å². The van der Waals surface area contributed by atoms with E-state index in [9.17, 15) is 4.79 Å². The average molecular weight is 264 g/mol. The van der Waals surface area contributed by atoms with Crippen molar-refractivity contribution < 1.29 is 9.53 Å². The van der Waals surface area contributed by atoms with Crippen LogP contribution in [0.25, 0.3) is 0 Å². The Labute approximate surface area is 109 Å². The fourth-order valence-corrected chi connectivity index (χ4v) is 5.68. The molecule has 3 aliphatic heterocycles. The van der Waals surface area contributed by atoms with Crippen LogP contribution in [0.5, 0.6) is 0 Å².